The number of hydrogen-bond acceptors (Lipinski definition) is 4. The summed E-state index contributed by atoms with van der Waals surface area (Å²) < 4.78 is 5.27. The molecular formula is C15H26N4O4. The predicted molar refractivity (Wildman–Crippen MR) is 84.4 cm³/mol. The van der Waals surface area contributed by atoms with E-state index in [1.807, 2.05) is 0 Å². The van der Waals surface area contributed by atoms with Crippen molar-refractivity contribution in [2.45, 2.75) is 64.0 Å². The topological polar surface area (TPSA) is 124 Å². The maximum Gasteiger partial charge on any atom is 0.249 e. The molecule has 1 rings (SSSR count). The maximum absolute atomic E-state index is 12.1. The molecule has 0 saturated carbocycles. The van der Waals surface area contributed by atoms with Crippen LogP contribution in [-0.2, 0) is 14.3 Å². The molecule has 1 saturated heterocycles. The van der Waals surface area contributed by atoms with Crippen LogP contribution in [0.5, 0.6) is 0 Å². The van der Waals surface area contributed by atoms with Crippen molar-refractivity contribution in [2.24, 2.45) is 11.0 Å². The van der Waals surface area contributed by atoms with Crippen LogP contribution in [0.4, 0.5) is 0 Å². The number of hydrogen-bond donors (Lipinski definition) is 2. The van der Waals surface area contributed by atoms with Gasteiger partial charge >= 0.3 is 0 Å². The molecule has 0 aromatic carbocycles. The van der Waals surface area contributed by atoms with E-state index in [1.54, 1.807) is 0 Å². The Kier molecular flexibility index (Phi) is 9.28. The van der Waals surface area contributed by atoms with Crippen LogP contribution in [0.2, 0.25) is 0 Å². The smallest absolute Gasteiger partial charge is 0.249 e. The fourth-order valence-corrected chi connectivity index (χ4v) is 2.76. The van der Waals surface area contributed by atoms with E-state index in [0.717, 1.165) is 25.7 Å². The van der Waals surface area contributed by atoms with Crippen LogP contribution in [0, 0.1) is 5.92 Å². The summed E-state index contributed by atoms with van der Waals surface area (Å²) in [6.07, 6.45) is 4.05. The molecule has 0 aromatic rings. The van der Waals surface area contributed by atoms with Gasteiger partial charge in [-0.25, -0.2) is 0 Å². The van der Waals surface area contributed by atoms with Gasteiger partial charge in [0.05, 0.1) is 6.04 Å². The Bertz CT molecular complexity index is 431. The van der Waals surface area contributed by atoms with Gasteiger partial charge in [-0.2, -0.15) is 0 Å². The van der Waals surface area contributed by atoms with Crippen LogP contribution in [0.3, 0.4) is 0 Å². The Labute approximate surface area is 136 Å². The van der Waals surface area contributed by atoms with Crippen molar-refractivity contribution in [1.82, 2.24) is 5.32 Å². The van der Waals surface area contributed by atoms with E-state index in [9.17, 15) is 14.7 Å². The van der Waals surface area contributed by atoms with Crippen molar-refractivity contribution >= 4 is 11.8 Å². The van der Waals surface area contributed by atoms with Crippen LogP contribution >= 0.6 is 0 Å². The Hall–Kier alpha value is -1.63. The third kappa shape index (κ3) is 6.99. The molecule has 1 aliphatic rings. The third-order valence-corrected chi connectivity index (χ3v) is 4.10. The molecule has 8 nitrogen and oxygen atoms in total. The predicted octanol–water partition coefficient (Wildman–Crippen LogP) is 2.07. The Morgan fingerprint density at radius 1 is 1.35 bits per heavy atom. The molecule has 0 aromatic heterocycles. The fraction of sp³-hybridized carbons (Fsp3) is 0.867. The first-order valence-corrected chi connectivity index (χ1v) is 8.24. The number of ether oxygens (including phenoxy) is 1. The lowest BCUT2D eigenvalue weighted by Gasteiger charge is -2.33. The number of carbonyl (C=O) groups is 2. The van der Waals surface area contributed by atoms with Crippen molar-refractivity contribution in [2.75, 3.05) is 13.2 Å². The number of rotatable bonds is 9. The SMILES string of the molecule is CCCCCCC(=O)NC(C1CCOCC1)C(O)C(=O)N=[N+]=[N-]. The Morgan fingerprint density at radius 2 is 2.04 bits per heavy atom. The fourth-order valence-electron chi connectivity index (χ4n) is 2.76. The number of aliphatic hydroxyl groups excluding tert-OH is 1. The van der Waals surface area contributed by atoms with E-state index in [2.05, 4.69) is 22.3 Å². The minimum absolute atomic E-state index is 0.0730. The van der Waals surface area contributed by atoms with Crippen molar-refractivity contribution in [1.29, 1.82) is 0 Å². The summed E-state index contributed by atoms with van der Waals surface area (Å²) in [6, 6.07) is -0.740. The van der Waals surface area contributed by atoms with E-state index >= 15 is 0 Å². The number of nitrogens with zero attached hydrogens (tertiary/aromatic N) is 3. The first kappa shape index (κ1) is 19.4. The van der Waals surface area contributed by atoms with Gasteiger partial charge in [-0.05, 0) is 35.8 Å². The van der Waals surface area contributed by atoms with Gasteiger partial charge < -0.3 is 15.2 Å². The summed E-state index contributed by atoms with van der Waals surface area (Å²) in [4.78, 5) is 26.1. The zero-order chi connectivity index (χ0) is 17.1. The number of unbranched alkanes of at least 4 members (excludes halogenated alkanes) is 3. The third-order valence-electron chi connectivity index (χ3n) is 4.10. The number of amides is 2. The monoisotopic (exact) mass is 326 g/mol. The zero-order valence-electron chi connectivity index (χ0n) is 13.6. The largest absolute Gasteiger partial charge is 0.383 e. The molecule has 2 atom stereocenters. The van der Waals surface area contributed by atoms with Crippen LogP contribution in [0.15, 0.2) is 5.11 Å². The normalized spacial score (nSPS) is 17.8. The van der Waals surface area contributed by atoms with Crippen molar-refractivity contribution in [3.8, 4) is 0 Å². The summed E-state index contributed by atoms with van der Waals surface area (Å²) in [5.74, 6) is -1.23. The summed E-state index contributed by atoms with van der Waals surface area (Å²) in [5, 5.41) is 15.8. The summed E-state index contributed by atoms with van der Waals surface area (Å²) in [5.41, 5.74) is 8.35. The summed E-state index contributed by atoms with van der Waals surface area (Å²) in [6.45, 7) is 3.14. The maximum atomic E-state index is 12.1. The molecule has 0 radical (unpaired) electrons. The lowest BCUT2D eigenvalue weighted by molar-refractivity contribution is -0.131. The van der Waals surface area contributed by atoms with Gasteiger partial charge in [0.15, 0.2) is 0 Å². The molecule has 0 spiro atoms. The highest BCUT2D eigenvalue weighted by atomic mass is 16.5. The van der Waals surface area contributed by atoms with E-state index in [0.29, 0.717) is 32.5 Å². The standard InChI is InChI=1S/C15H26N4O4/c1-2-3-4-5-6-12(20)17-13(11-7-9-23-10-8-11)14(21)15(22)18-19-16/h11,13-14,21H,2-10H2,1H3,(H,17,20). The first-order valence-electron chi connectivity index (χ1n) is 8.24. The highest BCUT2D eigenvalue weighted by Crippen LogP contribution is 2.22. The number of azide groups is 1. The van der Waals surface area contributed by atoms with Gasteiger partial charge in [-0.3, -0.25) is 9.59 Å². The molecule has 1 heterocycles. The Morgan fingerprint density at radius 3 is 2.65 bits per heavy atom. The van der Waals surface area contributed by atoms with Gasteiger partial charge in [-0.1, -0.05) is 26.2 Å². The first-order chi connectivity index (χ1) is 11.1. The lowest BCUT2D eigenvalue weighted by atomic mass is 9.87. The van der Waals surface area contributed by atoms with Crippen molar-refractivity contribution < 1.29 is 19.4 Å². The van der Waals surface area contributed by atoms with Crippen molar-refractivity contribution in [3.63, 3.8) is 0 Å². The summed E-state index contributed by atoms with van der Waals surface area (Å²) in [7, 11) is 0. The average Bonchev–Trinajstić information content (AvgIpc) is 2.57. The highest BCUT2D eigenvalue weighted by molar-refractivity contribution is 5.83. The minimum atomic E-state index is -1.52. The van der Waals surface area contributed by atoms with Crippen molar-refractivity contribution in [3.05, 3.63) is 10.4 Å². The van der Waals surface area contributed by atoms with Gasteiger partial charge in [0, 0.05) is 24.5 Å². The second-order valence-corrected chi connectivity index (χ2v) is 5.83. The van der Waals surface area contributed by atoms with Gasteiger partial charge in [0.2, 0.25) is 11.8 Å². The molecule has 130 valence electrons. The van der Waals surface area contributed by atoms with Crippen LogP contribution < -0.4 is 5.32 Å². The molecule has 1 fully saturated rings. The number of nitrogens with one attached hydrogen (secondary N) is 1. The average molecular weight is 326 g/mol. The minimum Gasteiger partial charge on any atom is -0.383 e. The van der Waals surface area contributed by atoms with Gasteiger partial charge in [0.25, 0.3) is 0 Å². The van der Waals surface area contributed by atoms with E-state index in [4.69, 9.17) is 10.3 Å². The van der Waals surface area contributed by atoms with Crippen LogP contribution in [0.25, 0.3) is 10.4 Å². The number of carbonyl (C=O) groups excluding carboxylic acids is 2. The number of aliphatic hydroxyl groups is 1. The van der Waals surface area contributed by atoms with E-state index < -0.39 is 18.1 Å². The highest BCUT2D eigenvalue weighted by Gasteiger charge is 2.34. The second-order valence-electron chi connectivity index (χ2n) is 5.83. The second kappa shape index (κ2) is 11.0. The van der Waals surface area contributed by atoms with Crippen LogP contribution in [-0.4, -0.2) is 42.3 Å². The zero-order valence-corrected chi connectivity index (χ0v) is 13.6. The molecule has 0 aliphatic carbocycles. The quantitative estimate of drug-likeness (QED) is 0.291. The molecule has 2 unspecified atom stereocenters. The van der Waals surface area contributed by atoms with Crippen LogP contribution in [0.1, 0.15) is 51.9 Å². The molecule has 23 heavy (non-hydrogen) atoms. The van der Waals surface area contributed by atoms with Gasteiger partial charge in [-0.15, -0.1) is 0 Å². The molecule has 8 heteroatoms. The van der Waals surface area contributed by atoms with E-state index in [-0.39, 0.29) is 11.8 Å². The Balaban J connectivity index is 2.64. The van der Waals surface area contributed by atoms with Gasteiger partial charge in [0.1, 0.15) is 6.10 Å². The molecule has 2 N–H and O–H groups in total. The molecule has 1 aliphatic heterocycles. The molecule has 2 amide bonds. The molecule has 0 bridgehead atoms. The van der Waals surface area contributed by atoms with E-state index in [1.165, 1.54) is 0 Å². The molecular weight excluding hydrogens is 300 g/mol. The lowest BCUT2D eigenvalue weighted by Crippen LogP contribution is -2.52. The summed E-state index contributed by atoms with van der Waals surface area (Å²) >= 11 is 0.